The van der Waals surface area contributed by atoms with Crippen LogP contribution in [0.3, 0.4) is 0 Å². The highest BCUT2D eigenvalue weighted by atomic mass is 16.3. The summed E-state index contributed by atoms with van der Waals surface area (Å²) >= 11 is 0. The first-order chi connectivity index (χ1) is 13.4. The molecule has 2 aromatic rings. The number of nitrogens with zero attached hydrogens (tertiary/aromatic N) is 3. The van der Waals surface area contributed by atoms with Crippen LogP contribution in [0.25, 0.3) is 0 Å². The molecule has 1 aromatic heterocycles. The molecule has 150 valence electrons. The van der Waals surface area contributed by atoms with Crippen molar-refractivity contribution in [1.82, 2.24) is 9.97 Å². The van der Waals surface area contributed by atoms with Gasteiger partial charge < -0.3 is 15.3 Å². The molecule has 2 heterocycles. The highest BCUT2D eigenvalue weighted by Gasteiger charge is 2.35. The number of hydrogen-bond donors (Lipinski definition) is 2. The molecule has 1 fully saturated rings. The molecule has 0 radical (unpaired) electrons. The number of fused-ring (bicyclic) bond motifs is 1. The maximum absolute atomic E-state index is 9.74. The number of hydrogen-bond acceptors (Lipinski definition) is 5. The van der Waals surface area contributed by atoms with Gasteiger partial charge in [0.05, 0.1) is 12.6 Å². The summed E-state index contributed by atoms with van der Waals surface area (Å²) in [5, 5.41) is 13.2. The minimum absolute atomic E-state index is 0.00936. The lowest BCUT2D eigenvalue weighted by atomic mass is 9.85. The standard InChI is InChI=1S/C23H32N4O/c1-15(2)19(14-28)24-20-11-21(26-22(25-20)16-9-10-16)27-13-18-8-6-5-7-17(18)12-23(27,3)4/h5-8,11,15-16,19,28H,9-10,12-14H2,1-4H3,(H,24,25,26)/t19-/m0/s1. The first-order valence-electron chi connectivity index (χ1n) is 10.5. The van der Waals surface area contributed by atoms with Crippen LogP contribution in [0.15, 0.2) is 30.3 Å². The second-order valence-electron chi connectivity index (χ2n) is 9.27. The predicted octanol–water partition coefficient (Wildman–Crippen LogP) is 4.12. The SMILES string of the molecule is CC(C)[C@H](CO)Nc1cc(N2Cc3ccccc3CC2(C)C)nc(C2CC2)n1. The predicted molar refractivity (Wildman–Crippen MR) is 114 cm³/mol. The molecule has 2 N–H and O–H groups in total. The first-order valence-corrected chi connectivity index (χ1v) is 10.5. The van der Waals surface area contributed by atoms with Gasteiger partial charge in [0.2, 0.25) is 0 Å². The van der Waals surface area contributed by atoms with Gasteiger partial charge in [-0.25, -0.2) is 9.97 Å². The number of rotatable bonds is 6. The Hall–Kier alpha value is -2.14. The topological polar surface area (TPSA) is 61.3 Å². The van der Waals surface area contributed by atoms with E-state index in [1.165, 1.54) is 24.0 Å². The first kappa shape index (κ1) is 19.2. The Labute approximate surface area is 168 Å². The Morgan fingerprint density at radius 1 is 1.18 bits per heavy atom. The minimum Gasteiger partial charge on any atom is -0.394 e. The van der Waals surface area contributed by atoms with Gasteiger partial charge in [0.25, 0.3) is 0 Å². The van der Waals surface area contributed by atoms with Crippen LogP contribution in [-0.2, 0) is 13.0 Å². The average Bonchev–Trinajstić information content (AvgIpc) is 3.49. The van der Waals surface area contributed by atoms with Gasteiger partial charge in [0.1, 0.15) is 17.5 Å². The number of aromatic nitrogens is 2. The minimum atomic E-state index is -0.0186. The highest BCUT2D eigenvalue weighted by Crippen LogP contribution is 2.41. The van der Waals surface area contributed by atoms with Crippen molar-refractivity contribution < 1.29 is 5.11 Å². The van der Waals surface area contributed by atoms with Crippen LogP contribution < -0.4 is 10.2 Å². The molecule has 5 nitrogen and oxygen atoms in total. The zero-order chi connectivity index (χ0) is 19.9. The van der Waals surface area contributed by atoms with E-state index in [2.05, 4.69) is 68.2 Å². The molecule has 1 aliphatic heterocycles. The van der Waals surface area contributed by atoms with Crippen LogP contribution in [0.1, 0.15) is 63.4 Å². The molecule has 0 bridgehead atoms. The number of anilines is 2. The van der Waals surface area contributed by atoms with E-state index in [1.54, 1.807) is 0 Å². The van der Waals surface area contributed by atoms with E-state index >= 15 is 0 Å². The number of nitrogens with one attached hydrogen (secondary N) is 1. The lowest BCUT2D eigenvalue weighted by Gasteiger charge is -2.44. The molecule has 1 atom stereocenters. The van der Waals surface area contributed by atoms with E-state index in [1.807, 2.05) is 0 Å². The van der Waals surface area contributed by atoms with Gasteiger partial charge in [-0.3, -0.25) is 0 Å². The van der Waals surface area contributed by atoms with E-state index in [0.717, 1.165) is 30.4 Å². The maximum Gasteiger partial charge on any atom is 0.136 e. The highest BCUT2D eigenvalue weighted by molar-refractivity contribution is 5.54. The summed E-state index contributed by atoms with van der Waals surface area (Å²) < 4.78 is 0. The van der Waals surface area contributed by atoms with Gasteiger partial charge in [0, 0.05) is 24.1 Å². The lowest BCUT2D eigenvalue weighted by Crippen LogP contribution is -2.49. The fourth-order valence-corrected chi connectivity index (χ4v) is 4.02. The van der Waals surface area contributed by atoms with E-state index in [4.69, 9.17) is 9.97 Å². The summed E-state index contributed by atoms with van der Waals surface area (Å²) in [5.74, 6) is 3.56. The summed E-state index contributed by atoms with van der Waals surface area (Å²) in [5.41, 5.74) is 2.78. The number of benzene rings is 1. The molecule has 0 amide bonds. The third-order valence-corrected chi connectivity index (χ3v) is 6.08. The summed E-state index contributed by atoms with van der Waals surface area (Å²) in [6.07, 6.45) is 3.34. The van der Waals surface area contributed by atoms with Crippen molar-refractivity contribution in [2.24, 2.45) is 5.92 Å². The quantitative estimate of drug-likeness (QED) is 0.789. The van der Waals surface area contributed by atoms with E-state index in [-0.39, 0.29) is 18.2 Å². The smallest absolute Gasteiger partial charge is 0.136 e. The molecule has 5 heteroatoms. The van der Waals surface area contributed by atoms with E-state index in [0.29, 0.717) is 11.8 Å². The van der Waals surface area contributed by atoms with Crippen molar-refractivity contribution in [2.45, 2.75) is 71.0 Å². The average molecular weight is 381 g/mol. The Balaban J connectivity index is 1.70. The molecule has 4 rings (SSSR count). The van der Waals surface area contributed by atoms with Crippen molar-refractivity contribution in [2.75, 3.05) is 16.8 Å². The summed E-state index contributed by atoms with van der Waals surface area (Å²) in [6.45, 7) is 9.76. The Kier molecular flexibility index (Phi) is 5.04. The summed E-state index contributed by atoms with van der Waals surface area (Å²) in [6, 6.07) is 10.8. The summed E-state index contributed by atoms with van der Waals surface area (Å²) in [7, 11) is 0. The Morgan fingerprint density at radius 3 is 2.54 bits per heavy atom. The molecule has 28 heavy (non-hydrogen) atoms. The molecular weight excluding hydrogens is 348 g/mol. The zero-order valence-corrected chi connectivity index (χ0v) is 17.4. The second-order valence-corrected chi connectivity index (χ2v) is 9.27. The van der Waals surface area contributed by atoms with E-state index < -0.39 is 0 Å². The molecular formula is C23H32N4O. The second kappa shape index (κ2) is 7.36. The monoisotopic (exact) mass is 380 g/mol. The molecule has 1 aromatic carbocycles. The van der Waals surface area contributed by atoms with Gasteiger partial charge in [-0.1, -0.05) is 38.1 Å². The van der Waals surface area contributed by atoms with Crippen molar-refractivity contribution >= 4 is 11.6 Å². The fourth-order valence-electron chi connectivity index (χ4n) is 4.02. The van der Waals surface area contributed by atoms with Crippen LogP contribution in [-0.4, -0.2) is 33.3 Å². The number of aliphatic hydroxyl groups excluding tert-OH is 1. The van der Waals surface area contributed by atoms with Gasteiger partial charge in [-0.15, -0.1) is 0 Å². The van der Waals surface area contributed by atoms with Gasteiger partial charge in [0.15, 0.2) is 0 Å². The van der Waals surface area contributed by atoms with Crippen LogP contribution >= 0.6 is 0 Å². The molecule has 1 aliphatic carbocycles. The molecule has 1 saturated carbocycles. The fraction of sp³-hybridized carbons (Fsp3) is 0.565. The summed E-state index contributed by atoms with van der Waals surface area (Å²) in [4.78, 5) is 12.2. The molecule has 0 unspecified atom stereocenters. The van der Waals surface area contributed by atoms with Crippen molar-refractivity contribution in [3.05, 3.63) is 47.3 Å². The van der Waals surface area contributed by atoms with Crippen LogP contribution in [0, 0.1) is 5.92 Å². The normalized spacial score (nSPS) is 19.4. The van der Waals surface area contributed by atoms with Gasteiger partial charge in [-0.05, 0) is 50.2 Å². The maximum atomic E-state index is 9.74. The van der Waals surface area contributed by atoms with Crippen molar-refractivity contribution in [3.63, 3.8) is 0 Å². The van der Waals surface area contributed by atoms with Crippen LogP contribution in [0.2, 0.25) is 0 Å². The Morgan fingerprint density at radius 2 is 1.89 bits per heavy atom. The lowest BCUT2D eigenvalue weighted by molar-refractivity contribution is 0.249. The molecule has 0 saturated heterocycles. The zero-order valence-electron chi connectivity index (χ0n) is 17.4. The molecule has 0 spiro atoms. The third-order valence-electron chi connectivity index (χ3n) is 6.08. The van der Waals surface area contributed by atoms with E-state index in [9.17, 15) is 5.11 Å². The Bertz CT molecular complexity index is 844. The van der Waals surface area contributed by atoms with Crippen LogP contribution in [0.4, 0.5) is 11.6 Å². The van der Waals surface area contributed by atoms with Gasteiger partial charge in [-0.2, -0.15) is 0 Å². The number of aliphatic hydroxyl groups is 1. The van der Waals surface area contributed by atoms with Crippen molar-refractivity contribution in [3.8, 4) is 0 Å². The van der Waals surface area contributed by atoms with Crippen LogP contribution in [0.5, 0.6) is 0 Å². The van der Waals surface area contributed by atoms with Crippen molar-refractivity contribution in [1.29, 1.82) is 0 Å². The molecule has 2 aliphatic rings. The third kappa shape index (κ3) is 3.86. The largest absolute Gasteiger partial charge is 0.394 e. The van der Waals surface area contributed by atoms with Gasteiger partial charge >= 0.3 is 0 Å².